The smallest absolute Gasteiger partial charge is 0.252 e. The van der Waals surface area contributed by atoms with E-state index in [1.54, 1.807) is 65.5 Å². The minimum absolute atomic E-state index is 0.232. The van der Waals surface area contributed by atoms with Gasteiger partial charge in [0, 0.05) is 28.4 Å². The van der Waals surface area contributed by atoms with Crippen LogP contribution in [0.3, 0.4) is 0 Å². The Morgan fingerprint density at radius 3 is 2.50 bits per heavy atom. The van der Waals surface area contributed by atoms with E-state index >= 15 is 0 Å². The summed E-state index contributed by atoms with van der Waals surface area (Å²) in [7, 11) is 1.55. The highest BCUT2D eigenvalue weighted by molar-refractivity contribution is 6.31. The van der Waals surface area contributed by atoms with Crippen LogP contribution in [0, 0.1) is 0 Å². The van der Waals surface area contributed by atoms with Gasteiger partial charge in [-0.2, -0.15) is 5.10 Å². The number of nitrogens with zero attached hydrogens (tertiary/aromatic N) is 8. The maximum atomic E-state index is 13.8. The number of nitrogens with one attached hydrogen (secondary N) is 1. The molecule has 0 fully saturated rings. The van der Waals surface area contributed by atoms with Crippen LogP contribution in [0.5, 0.6) is 5.75 Å². The number of aromatic nitrogens is 9. The van der Waals surface area contributed by atoms with Crippen molar-refractivity contribution in [3.05, 3.63) is 117 Å². The van der Waals surface area contributed by atoms with E-state index in [9.17, 15) is 4.79 Å². The second kappa shape index (κ2) is 10.8. The second-order valence-corrected chi connectivity index (χ2v) is 9.72. The van der Waals surface area contributed by atoms with Crippen LogP contribution in [0.15, 0.2) is 90.4 Å². The SMILES string of the molecule is COc1cn(C(Cc2ccccc2)c2cn(-c3cn[nH]c3)nn2)c(=O)cc1-c1cc(Cl)ccc1-n1cc(Cl)nn1. The zero-order chi connectivity index (χ0) is 27.6. The Labute approximate surface area is 237 Å². The third-order valence-electron chi connectivity index (χ3n) is 6.43. The van der Waals surface area contributed by atoms with Crippen molar-refractivity contribution in [1.29, 1.82) is 0 Å². The topological polar surface area (TPSA) is 121 Å². The first-order chi connectivity index (χ1) is 19.5. The van der Waals surface area contributed by atoms with Crippen LogP contribution in [0.4, 0.5) is 0 Å². The minimum Gasteiger partial charge on any atom is -0.495 e. The molecular formula is C27H21Cl2N9O2. The number of hydrogen-bond acceptors (Lipinski definition) is 7. The van der Waals surface area contributed by atoms with Gasteiger partial charge < -0.3 is 9.30 Å². The molecule has 11 nitrogen and oxygen atoms in total. The van der Waals surface area contributed by atoms with Gasteiger partial charge in [-0.05, 0) is 30.2 Å². The Bertz CT molecular complexity index is 1830. The van der Waals surface area contributed by atoms with Crippen molar-refractivity contribution in [2.45, 2.75) is 12.5 Å². The highest BCUT2D eigenvalue weighted by Gasteiger charge is 2.23. The van der Waals surface area contributed by atoms with E-state index in [-0.39, 0.29) is 10.7 Å². The lowest BCUT2D eigenvalue weighted by atomic mass is 10.0. The van der Waals surface area contributed by atoms with E-state index in [1.807, 2.05) is 30.3 Å². The quantitative estimate of drug-likeness (QED) is 0.283. The molecule has 0 aliphatic rings. The van der Waals surface area contributed by atoms with Gasteiger partial charge in [0.1, 0.15) is 17.1 Å². The van der Waals surface area contributed by atoms with Crippen molar-refractivity contribution in [3.63, 3.8) is 0 Å². The second-order valence-electron chi connectivity index (χ2n) is 8.90. The third kappa shape index (κ3) is 4.99. The zero-order valence-corrected chi connectivity index (χ0v) is 22.5. The summed E-state index contributed by atoms with van der Waals surface area (Å²) in [6.45, 7) is 0. The number of rotatable bonds is 8. The fraction of sp³-hybridized carbons (Fsp3) is 0.111. The van der Waals surface area contributed by atoms with Gasteiger partial charge >= 0.3 is 0 Å². The first-order valence-corrected chi connectivity index (χ1v) is 12.9. The number of aromatic amines is 1. The molecule has 40 heavy (non-hydrogen) atoms. The van der Waals surface area contributed by atoms with E-state index in [2.05, 4.69) is 30.8 Å². The molecular weight excluding hydrogens is 553 g/mol. The lowest BCUT2D eigenvalue weighted by Crippen LogP contribution is -2.27. The van der Waals surface area contributed by atoms with E-state index in [4.69, 9.17) is 27.9 Å². The van der Waals surface area contributed by atoms with Gasteiger partial charge in [-0.15, -0.1) is 10.2 Å². The molecule has 4 aromatic heterocycles. The molecule has 0 radical (unpaired) electrons. The standard InChI is InChI=1S/C27H21Cl2N9O2/c1-40-25-15-36(27(39)11-21(25)20-10-18(28)7-8-23(20)38-16-26(29)33-35-38)24(9-17-5-3-2-4-6-17)22-14-37(34-32-22)19-12-30-31-13-19/h2-8,10-16,24H,9H2,1H3,(H,30,31). The molecule has 0 aliphatic carbocycles. The molecule has 2 aromatic carbocycles. The molecule has 0 saturated carbocycles. The first-order valence-electron chi connectivity index (χ1n) is 12.1. The van der Waals surface area contributed by atoms with Gasteiger partial charge in [0.25, 0.3) is 5.56 Å². The average Bonchev–Trinajstić information content (AvgIpc) is 3.75. The molecule has 1 unspecified atom stereocenters. The molecule has 6 rings (SSSR count). The van der Waals surface area contributed by atoms with Crippen molar-refractivity contribution >= 4 is 23.2 Å². The van der Waals surface area contributed by atoms with Crippen molar-refractivity contribution in [2.75, 3.05) is 7.11 Å². The highest BCUT2D eigenvalue weighted by atomic mass is 35.5. The van der Waals surface area contributed by atoms with Gasteiger partial charge in [-0.25, -0.2) is 9.36 Å². The Balaban J connectivity index is 1.49. The Morgan fingerprint density at radius 2 is 1.77 bits per heavy atom. The van der Waals surface area contributed by atoms with Crippen molar-refractivity contribution in [2.24, 2.45) is 0 Å². The molecule has 200 valence electrons. The van der Waals surface area contributed by atoms with Gasteiger partial charge in [0.05, 0.1) is 43.6 Å². The maximum absolute atomic E-state index is 13.8. The number of hydrogen-bond donors (Lipinski definition) is 1. The number of benzene rings is 2. The molecule has 0 aliphatic heterocycles. The fourth-order valence-corrected chi connectivity index (χ4v) is 4.84. The summed E-state index contributed by atoms with van der Waals surface area (Å²) in [5.41, 5.74) is 3.87. The van der Waals surface area contributed by atoms with Crippen LogP contribution < -0.4 is 10.3 Å². The van der Waals surface area contributed by atoms with Gasteiger partial charge in [-0.1, -0.05) is 64.0 Å². The van der Waals surface area contributed by atoms with Crippen LogP contribution >= 0.6 is 23.2 Å². The third-order valence-corrected chi connectivity index (χ3v) is 6.84. The molecule has 0 amide bonds. The number of ether oxygens (including phenoxy) is 1. The summed E-state index contributed by atoms with van der Waals surface area (Å²) < 4.78 is 10.5. The number of halogens is 2. The molecule has 1 N–H and O–H groups in total. The average molecular weight is 574 g/mol. The highest BCUT2D eigenvalue weighted by Crippen LogP contribution is 2.36. The van der Waals surface area contributed by atoms with E-state index in [0.717, 1.165) is 11.3 Å². The van der Waals surface area contributed by atoms with Gasteiger partial charge in [0.2, 0.25) is 0 Å². The van der Waals surface area contributed by atoms with Crippen molar-refractivity contribution in [1.82, 2.24) is 44.8 Å². The van der Waals surface area contributed by atoms with E-state index in [1.165, 1.54) is 10.7 Å². The minimum atomic E-state index is -0.480. The molecule has 0 saturated heterocycles. The summed E-state index contributed by atoms with van der Waals surface area (Å²) in [5.74, 6) is 0.453. The number of methoxy groups -OCH3 is 1. The van der Waals surface area contributed by atoms with Crippen LogP contribution in [-0.2, 0) is 6.42 Å². The van der Waals surface area contributed by atoms with Gasteiger partial charge in [-0.3, -0.25) is 9.89 Å². The Hall–Kier alpha value is -4.74. The summed E-state index contributed by atoms with van der Waals surface area (Å²) >= 11 is 12.4. The van der Waals surface area contributed by atoms with Crippen molar-refractivity contribution in [3.8, 4) is 28.3 Å². The number of H-pyrrole nitrogens is 1. The summed E-state index contributed by atoms with van der Waals surface area (Å²) in [4.78, 5) is 13.8. The van der Waals surface area contributed by atoms with Crippen LogP contribution in [0.1, 0.15) is 17.3 Å². The molecule has 1 atom stereocenters. The summed E-state index contributed by atoms with van der Waals surface area (Å²) in [6.07, 6.45) is 8.88. The monoisotopic (exact) mass is 573 g/mol. The Kier molecular flexibility index (Phi) is 6.89. The first kappa shape index (κ1) is 25.5. The molecule has 0 bridgehead atoms. The summed E-state index contributed by atoms with van der Waals surface area (Å²) in [5, 5.41) is 24.1. The van der Waals surface area contributed by atoms with Crippen LogP contribution in [0.25, 0.3) is 22.5 Å². The van der Waals surface area contributed by atoms with E-state index < -0.39 is 6.04 Å². The molecule has 0 spiro atoms. The maximum Gasteiger partial charge on any atom is 0.252 e. The lowest BCUT2D eigenvalue weighted by Gasteiger charge is -2.21. The fourth-order valence-electron chi connectivity index (χ4n) is 4.54. The number of pyridine rings is 1. The molecule has 13 heteroatoms. The van der Waals surface area contributed by atoms with E-state index in [0.29, 0.717) is 39.7 Å². The zero-order valence-electron chi connectivity index (χ0n) is 21.0. The lowest BCUT2D eigenvalue weighted by molar-refractivity contribution is 0.406. The Morgan fingerprint density at radius 1 is 0.950 bits per heavy atom. The van der Waals surface area contributed by atoms with Crippen LogP contribution in [0.2, 0.25) is 10.2 Å². The summed E-state index contributed by atoms with van der Waals surface area (Å²) in [6, 6.07) is 16.2. The largest absolute Gasteiger partial charge is 0.495 e. The van der Waals surface area contributed by atoms with Crippen molar-refractivity contribution < 1.29 is 4.74 Å². The molecule has 4 heterocycles. The molecule has 6 aromatic rings. The van der Waals surface area contributed by atoms with Crippen LogP contribution in [-0.4, -0.2) is 51.9 Å². The predicted octanol–water partition coefficient (Wildman–Crippen LogP) is 4.55. The normalized spacial score (nSPS) is 12.0. The predicted molar refractivity (Wildman–Crippen MR) is 149 cm³/mol. The van der Waals surface area contributed by atoms with Gasteiger partial charge in [0.15, 0.2) is 5.15 Å².